The second-order valence-electron chi connectivity index (χ2n) is 3.88. The summed E-state index contributed by atoms with van der Waals surface area (Å²) in [7, 11) is 0. The zero-order valence-electron chi connectivity index (χ0n) is 8.87. The highest BCUT2D eigenvalue weighted by Crippen LogP contribution is 2.17. The van der Waals surface area contributed by atoms with Gasteiger partial charge in [-0.1, -0.05) is 13.3 Å². The normalized spacial score (nSPS) is 15.6. The summed E-state index contributed by atoms with van der Waals surface area (Å²) in [6.45, 7) is 4.85. The molecule has 82 valence electrons. The van der Waals surface area contributed by atoms with E-state index >= 15 is 0 Å². The van der Waals surface area contributed by atoms with E-state index in [0.29, 0.717) is 0 Å². The number of rotatable bonds is 3. The molecule has 0 radical (unpaired) electrons. The van der Waals surface area contributed by atoms with Gasteiger partial charge in [0.05, 0.1) is 0 Å². The Morgan fingerprint density at radius 1 is 1.47 bits per heavy atom. The molecule has 1 amide bonds. The number of aromatic nitrogens is 1. The lowest BCUT2D eigenvalue weighted by atomic mass is 10.2. The third-order valence-electron chi connectivity index (χ3n) is 2.76. The number of hydrogen-bond acceptors (Lipinski definition) is 1. The average Bonchev–Trinajstić information content (AvgIpc) is 2.59. The molecular formula is C11H15IN2O. The summed E-state index contributed by atoms with van der Waals surface area (Å²) in [6, 6.07) is 1.97. The maximum Gasteiger partial charge on any atom is 0.270 e. The first-order chi connectivity index (χ1) is 7.22. The Bertz CT molecular complexity index is 373. The van der Waals surface area contributed by atoms with Crippen molar-refractivity contribution in [2.75, 3.05) is 13.1 Å². The van der Waals surface area contributed by atoms with Gasteiger partial charge >= 0.3 is 0 Å². The number of nitrogens with zero attached hydrogens (tertiary/aromatic N) is 2. The fourth-order valence-electron chi connectivity index (χ4n) is 1.89. The summed E-state index contributed by atoms with van der Waals surface area (Å²) >= 11 is 2.25. The number of hydrogen-bond donors (Lipinski definition) is 0. The van der Waals surface area contributed by atoms with Crippen LogP contribution in [0.3, 0.4) is 0 Å². The summed E-state index contributed by atoms with van der Waals surface area (Å²) in [5.41, 5.74) is 0.849. The minimum absolute atomic E-state index is 0.192. The van der Waals surface area contributed by atoms with Crippen LogP contribution in [-0.4, -0.2) is 28.5 Å². The SMILES string of the molecule is CCCCN1CCn2cc(I)cc2C1=O. The van der Waals surface area contributed by atoms with E-state index in [1.807, 2.05) is 17.2 Å². The maximum atomic E-state index is 12.0. The topological polar surface area (TPSA) is 25.2 Å². The fourth-order valence-corrected chi connectivity index (χ4v) is 2.52. The molecule has 0 spiro atoms. The molecule has 0 N–H and O–H groups in total. The van der Waals surface area contributed by atoms with Crippen molar-refractivity contribution in [1.29, 1.82) is 0 Å². The molecule has 1 aromatic rings. The van der Waals surface area contributed by atoms with E-state index in [1.54, 1.807) is 0 Å². The Balaban J connectivity index is 2.14. The van der Waals surface area contributed by atoms with Crippen LogP contribution in [-0.2, 0) is 6.54 Å². The highest BCUT2D eigenvalue weighted by Gasteiger charge is 2.23. The Kier molecular flexibility index (Phi) is 3.33. The van der Waals surface area contributed by atoms with Crippen LogP contribution in [0.25, 0.3) is 0 Å². The maximum absolute atomic E-state index is 12.0. The molecule has 2 heterocycles. The van der Waals surface area contributed by atoms with E-state index in [-0.39, 0.29) is 5.91 Å². The predicted octanol–water partition coefficient (Wildman–Crippen LogP) is 2.35. The van der Waals surface area contributed by atoms with Crippen LogP contribution in [0.1, 0.15) is 30.3 Å². The summed E-state index contributed by atoms with van der Waals surface area (Å²) in [6.07, 6.45) is 4.29. The largest absolute Gasteiger partial charge is 0.341 e. The van der Waals surface area contributed by atoms with Crippen molar-refractivity contribution in [2.24, 2.45) is 0 Å². The van der Waals surface area contributed by atoms with Crippen molar-refractivity contribution in [3.63, 3.8) is 0 Å². The molecule has 0 unspecified atom stereocenters. The van der Waals surface area contributed by atoms with Gasteiger partial charge in [0.1, 0.15) is 5.69 Å². The molecule has 3 nitrogen and oxygen atoms in total. The van der Waals surface area contributed by atoms with Crippen LogP contribution >= 0.6 is 22.6 Å². The van der Waals surface area contributed by atoms with Crippen molar-refractivity contribution in [3.05, 3.63) is 21.5 Å². The third-order valence-corrected chi connectivity index (χ3v) is 3.35. The molecule has 0 saturated carbocycles. The lowest BCUT2D eigenvalue weighted by molar-refractivity contribution is 0.0702. The number of halogens is 1. The van der Waals surface area contributed by atoms with Gasteiger partial charge < -0.3 is 9.47 Å². The predicted molar refractivity (Wildman–Crippen MR) is 68.0 cm³/mol. The van der Waals surface area contributed by atoms with Crippen LogP contribution in [0.4, 0.5) is 0 Å². The second kappa shape index (κ2) is 4.55. The zero-order valence-corrected chi connectivity index (χ0v) is 11.0. The molecule has 0 fully saturated rings. The standard InChI is InChI=1S/C11H15IN2O/c1-2-3-4-13-5-6-14-8-9(12)7-10(14)11(13)15/h7-8H,2-6H2,1H3. The Labute approximate surface area is 104 Å². The van der Waals surface area contributed by atoms with Crippen LogP contribution in [0.5, 0.6) is 0 Å². The van der Waals surface area contributed by atoms with Gasteiger partial charge in [-0.25, -0.2) is 0 Å². The Hall–Kier alpha value is -0.520. The first-order valence-electron chi connectivity index (χ1n) is 5.37. The van der Waals surface area contributed by atoms with E-state index < -0.39 is 0 Å². The van der Waals surface area contributed by atoms with Crippen LogP contribution < -0.4 is 0 Å². The minimum Gasteiger partial charge on any atom is -0.341 e. The van der Waals surface area contributed by atoms with Gasteiger partial charge in [-0.15, -0.1) is 0 Å². The number of unbranched alkanes of at least 4 members (excludes halogenated alkanes) is 1. The summed E-state index contributed by atoms with van der Waals surface area (Å²) in [4.78, 5) is 14.0. The van der Waals surface area contributed by atoms with E-state index in [9.17, 15) is 4.79 Å². The van der Waals surface area contributed by atoms with Crippen molar-refractivity contribution < 1.29 is 4.79 Å². The molecule has 15 heavy (non-hydrogen) atoms. The van der Waals surface area contributed by atoms with Crippen molar-refractivity contribution in [3.8, 4) is 0 Å². The quantitative estimate of drug-likeness (QED) is 0.786. The van der Waals surface area contributed by atoms with E-state index in [1.165, 1.54) is 0 Å². The lowest BCUT2D eigenvalue weighted by Gasteiger charge is -2.28. The zero-order chi connectivity index (χ0) is 10.8. The van der Waals surface area contributed by atoms with Gasteiger partial charge in [-0.05, 0) is 35.1 Å². The third kappa shape index (κ3) is 2.19. The summed E-state index contributed by atoms with van der Waals surface area (Å²) < 4.78 is 3.21. The molecule has 1 aromatic heterocycles. The monoisotopic (exact) mass is 318 g/mol. The minimum atomic E-state index is 0.192. The molecule has 1 aliphatic heterocycles. The number of carbonyl (C=O) groups excluding carboxylic acids is 1. The number of fused-ring (bicyclic) bond motifs is 1. The first-order valence-corrected chi connectivity index (χ1v) is 6.45. The van der Waals surface area contributed by atoms with Crippen molar-refractivity contribution in [2.45, 2.75) is 26.3 Å². The lowest BCUT2D eigenvalue weighted by Crippen LogP contribution is -2.40. The van der Waals surface area contributed by atoms with E-state index in [2.05, 4.69) is 34.1 Å². The van der Waals surface area contributed by atoms with Crippen LogP contribution in [0, 0.1) is 3.57 Å². The molecule has 0 aliphatic carbocycles. The molecule has 2 rings (SSSR count). The molecular weight excluding hydrogens is 303 g/mol. The van der Waals surface area contributed by atoms with Gasteiger partial charge in [0.2, 0.25) is 0 Å². The van der Waals surface area contributed by atoms with Gasteiger partial charge in [0.25, 0.3) is 5.91 Å². The van der Waals surface area contributed by atoms with E-state index in [4.69, 9.17) is 0 Å². The van der Waals surface area contributed by atoms with Crippen molar-refractivity contribution >= 4 is 28.5 Å². The summed E-state index contributed by atoms with van der Waals surface area (Å²) in [5.74, 6) is 0.192. The molecule has 0 aromatic carbocycles. The fraction of sp³-hybridized carbons (Fsp3) is 0.545. The van der Waals surface area contributed by atoms with Gasteiger partial charge in [0, 0.05) is 29.4 Å². The molecule has 0 saturated heterocycles. The van der Waals surface area contributed by atoms with Crippen LogP contribution in [0.15, 0.2) is 12.3 Å². The number of amides is 1. The Morgan fingerprint density at radius 3 is 3.00 bits per heavy atom. The number of carbonyl (C=O) groups is 1. The summed E-state index contributed by atoms with van der Waals surface area (Å²) in [5, 5.41) is 0. The first kappa shape index (κ1) is 11.0. The average molecular weight is 318 g/mol. The molecule has 0 atom stereocenters. The van der Waals surface area contributed by atoms with Crippen molar-refractivity contribution in [1.82, 2.24) is 9.47 Å². The highest BCUT2D eigenvalue weighted by atomic mass is 127. The second-order valence-corrected chi connectivity index (χ2v) is 5.13. The van der Waals surface area contributed by atoms with Gasteiger partial charge in [-0.2, -0.15) is 0 Å². The highest BCUT2D eigenvalue weighted by molar-refractivity contribution is 14.1. The molecule has 1 aliphatic rings. The van der Waals surface area contributed by atoms with Gasteiger partial charge in [-0.3, -0.25) is 4.79 Å². The van der Waals surface area contributed by atoms with E-state index in [0.717, 1.165) is 41.7 Å². The smallest absolute Gasteiger partial charge is 0.270 e. The molecule has 0 bridgehead atoms. The van der Waals surface area contributed by atoms with Crippen LogP contribution in [0.2, 0.25) is 0 Å². The van der Waals surface area contributed by atoms with Gasteiger partial charge in [0.15, 0.2) is 0 Å². The Morgan fingerprint density at radius 2 is 2.27 bits per heavy atom. The molecule has 4 heteroatoms.